The molecule has 0 saturated carbocycles. The maximum Gasteiger partial charge on any atom is 0.254 e. The van der Waals surface area contributed by atoms with Crippen LogP contribution in [0.25, 0.3) is 0 Å². The third-order valence-electron chi connectivity index (χ3n) is 5.71. The third kappa shape index (κ3) is 5.10. The van der Waals surface area contributed by atoms with E-state index in [-0.39, 0.29) is 12.0 Å². The van der Waals surface area contributed by atoms with Crippen LogP contribution in [-0.4, -0.2) is 48.4 Å². The number of likely N-dealkylation sites (tertiary alicyclic amines) is 1. The molecule has 154 valence electrons. The number of carbonyl (C=O) groups is 1. The molecule has 2 aromatic rings. The highest BCUT2D eigenvalue weighted by atomic mass is 16.5. The van der Waals surface area contributed by atoms with Crippen molar-refractivity contribution in [2.24, 2.45) is 0 Å². The lowest BCUT2D eigenvalue weighted by molar-refractivity contribution is 0.0771. The molecule has 2 aliphatic heterocycles. The second-order valence-electron chi connectivity index (χ2n) is 7.93. The minimum atomic E-state index is -0.127. The molecule has 1 fully saturated rings. The number of benzene rings is 1. The van der Waals surface area contributed by atoms with Crippen LogP contribution in [0.2, 0.25) is 0 Å². The van der Waals surface area contributed by atoms with Gasteiger partial charge in [-0.2, -0.15) is 0 Å². The minimum absolute atomic E-state index is 0.0770. The molecule has 0 bridgehead atoms. The first kappa shape index (κ1) is 19.8. The number of ether oxygens (including phenoxy) is 1. The van der Waals surface area contributed by atoms with Gasteiger partial charge in [0.15, 0.2) is 6.10 Å². The molecule has 1 aromatic heterocycles. The van der Waals surface area contributed by atoms with Gasteiger partial charge in [0.2, 0.25) is 0 Å². The van der Waals surface area contributed by atoms with Crippen molar-refractivity contribution in [3.8, 4) is 5.75 Å². The van der Waals surface area contributed by atoms with E-state index in [4.69, 9.17) is 9.15 Å². The Balaban J connectivity index is 1.42. The Hall–Kier alpha value is -2.53. The molecular formula is C24H30N2O3. The van der Waals surface area contributed by atoms with Gasteiger partial charge in [0.1, 0.15) is 17.3 Å². The van der Waals surface area contributed by atoms with Crippen molar-refractivity contribution in [2.45, 2.75) is 38.7 Å². The van der Waals surface area contributed by atoms with Crippen molar-refractivity contribution in [1.29, 1.82) is 0 Å². The Morgan fingerprint density at radius 3 is 2.52 bits per heavy atom. The normalized spacial score (nSPS) is 18.2. The first-order valence-corrected chi connectivity index (χ1v) is 10.7. The maximum absolute atomic E-state index is 12.6. The molecule has 1 aromatic carbocycles. The fraction of sp³-hybridized carbons (Fsp3) is 0.458. The number of nitrogens with zero attached hydrogens (tertiary/aromatic N) is 2. The predicted molar refractivity (Wildman–Crippen MR) is 113 cm³/mol. The van der Waals surface area contributed by atoms with Crippen molar-refractivity contribution >= 4 is 5.91 Å². The largest absolute Gasteiger partial charge is 0.482 e. The first-order chi connectivity index (χ1) is 14.2. The predicted octanol–water partition coefficient (Wildman–Crippen LogP) is 4.60. The first-order valence-electron chi connectivity index (χ1n) is 10.7. The summed E-state index contributed by atoms with van der Waals surface area (Å²) in [6.45, 7) is 6.77. The van der Waals surface area contributed by atoms with Gasteiger partial charge in [-0.3, -0.25) is 4.79 Å². The van der Waals surface area contributed by atoms with Crippen LogP contribution in [0.1, 0.15) is 53.7 Å². The van der Waals surface area contributed by atoms with Crippen LogP contribution in [-0.2, 0) is 0 Å². The minimum Gasteiger partial charge on any atom is -0.482 e. The van der Waals surface area contributed by atoms with Gasteiger partial charge in [-0.15, -0.1) is 0 Å². The lowest BCUT2D eigenvalue weighted by Gasteiger charge is -2.24. The summed E-state index contributed by atoms with van der Waals surface area (Å²) >= 11 is 0. The van der Waals surface area contributed by atoms with E-state index < -0.39 is 0 Å². The van der Waals surface area contributed by atoms with Crippen LogP contribution in [0, 0.1) is 6.92 Å². The summed E-state index contributed by atoms with van der Waals surface area (Å²) in [5.74, 6) is 2.60. The van der Waals surface area contributed by atoms with Gasteiger partial charge in [-0.25, -0.2) is 0 Å². The van der Waals surface area contributed by atoms with Gasteiger partial charge >= 0.3 is 0 Å². The standard InChI is InChI=1S/C24H30N2O3/c1-19-7-12-22(28-19)23(13-18-25-14-5-6-15-25)29-21-10-8-20(9-11-21)24(27)26-16-3-2-4-17-26/h2-3,7-12,23H,4-6,13-18H2,1H3. The van der Waals surface area contributed by atoms with E-state index >= 15 is 0 Å². The molecule has 4 rings (SSSR count). The maximum atomic E-state index is 12.6. The summed E-state index contributed by atoms with van der Waals surface area (Å²) < 4.78 is 12.2. The second-order valence-corrected chi connectivity index (χ2v) is 7.93. The van der Waals surface area contributed by atoms with Crippen molar-refractivity contribution < 1.29 is 13.9 Å². The SMILES string of the molecule is Cc1ccc(C(CCN2CCCC2)Oc2ccc(C(=O)N3CC=CCC3)cc2)o1. The van der Waals surface area contributed by atoms with E-state index in [1.807, 2.05) is 48.2 Å². The highest BCUT2D eigenvalue weighted by molar-refractivity contribution is 5.94. The number of hydrogen-bond acceptors (Lipinski definition) is 4. The number of rotatable bonds is 7. The fourth-order valence-electron chi connectivity index (χ4n) is 4.04. The molecule has 1 amide bonds. The molecule has 3 heterocycles. The van der Waals surface area contributed by atoms with E-state index in [1.54, 1.807) is 0 Å². The molecule has 29 heavy (non-hydrogen) atoms. The molecule has 0 radical (unpaired) electrons. The third-order valence-corrected chi connectivity index (χ3v) is 5.71. The molecule has 5 heteroatoms. The van der Waals surface area contributed by atoms with Gasteiger partial charge in [-0.1, -0.05) is 12.2 Å². The Bertz CT molecular complexity index is 834. The number of hydrogen-bond donors (Lipinski definition) is 0. The molecule has 0 aliphatic carbocycles. The van der Waals surface area contributed by atoms with Gasteiger partial charge in [0, 0.05) is 31.6 Å². The molecule has 1 atom stereocenters. The smallest absolute Gasteiger partial charge is 0.254 e. The van der Waals surface area contributed by atoms with E-state index in [0.29, 0.717) is 12.1 Å². The van der Waals surface area contributed by atoms with Gasteiger partial charge < -0.3 is 19.0 Å². The van der Waals surface area contributed by atoms with Crippen molar-refractivity contribution in [3.63, 3.8) is 0 Å². The summed E-state index contributed by atoms with van der Waals surface area (Å²) in [6, 6.07) is 11.5. The highest BCUT2D eigenvalue weighted by Gasteiger charge is 2.21. The van der Waals surface area contributed by atoms with Gasteiger partial charge in [0.25, 0.3) is 5.91 Å². The van der Waals surface area contributed by atoms with Crippen LogP contribution < -0.4 is 4.74 Å². The van der Waals surface area contributed by atoms with Crippen LogP contribution in [0.3, 0.4) is 0 Å². The number of amides is 1. The van der Waals surface area contributed by atoms with Crippen molar-refractivity contribution in [1.82, 2.24) is 9.80 Å². The molecule has 1 unspecified atom stereocenters. The van der Waals surface area contributed by atoms with Gasteiger partial charge in [0.05, 0.1) is 0 Å². The van der Waals surface area contributed by atoms with E-state index in [0.717, 1.165) is 43.2 Å². The summed E-state index contributed by atoms with van der Waals surface area (Å²) in [5, 5.41) is 0. The van der Waals surface area contributed by atoms with E-state index in [9.17, 15) is 4.79 Å². The number of furan rings is 1. The quantitative estimate of drug-likeness (QED) is 0.644. The second kappa shape index (κ2) is 9.31. The van der Waals surface area contributed by atoms with Crippen LogP contribution >= 0.6 is 0 Å². The molecule has 0 N–H and O–H groups in total. The average molecular weight is 395 g/mol. The Morgan fingerprint density at radius 2 is 1.86 bits per heavy atom. The van der Waals surface area contributed by atoms with Crippen molar-refractivity contribution in [2.75, 3.05) is 32.7 Å². The Labute approximate surface area is 172 Å². The van der Waals surface area contributed by atoms with Crippen LogP contribution in [0.5, 0.6) is 5.75 Å². The average Bonchev–Trinajstić information content (AvgIpc) is 3.43. The lowest BCUT2D eigenvalue weighted by Crippen LogP contribution is -2.33. The zero-order valence-electron chi connectivity index (χ0n) is 17.2. The Kier molecular flexibility index (Phi) is 6.35. The monoisotopic (exact) mass is 394 g/mol. The van der Waals surface area contributed by atoms with E-state index in [1.165, 1.54) is 25.9 Å². The Morgan fingerprint density at radius 1 is 1.07 bits per heavy atom. The summed E-state index contributed by atoms with van der Waals surface area (Å²) in [7, 11) is 0. The van der Waals surface area contributed by atoms with Crippen LogP contribution in [0.4, 0.5) is 0 Å². The number of carbonyl (C=O) groups excluding carboxylic acids is 1. The zero-order valence-corrected chi connectivity index (χ0v) is 17.2. The lowest BCUT2D eigenvalue weighted by atomic mass is 10.1. The fourth-order valence-corrected chi connectivity index (χ4v) is 4.04. The molecule has 2 aliphatic rings. The molecular weight excluding hydrogens is 364 g/mol. The summed E-state index contributed by atoms with van der Waals surface area (Å²) in [5.41, 5.74) is 0.704. The molecule has 5 nitrogen and oxygen atoms in total. The molecule has 1 saturated heterocycles. The number of aryl methyl sites for hydroxylation is 1. The van der Waals surface area contributed by atoms with Crippen molar-refractivity contribution in [3.05, 3.63) is 65.6 Å². The zero-order chi connectivity index (χ0) is 20.1. The topological polar surface area (TPSA) is 45.9 Å². The summed E-state index contributed by atoms with van der Waals surface area (Å²) in [4.78, 5) is 17.0. The summed E-state index contributed by atoms with van der Waals surface area (Å²) in [6.07, 6.45) is 8.43. The highest BCUT2D eigenvalue weighted by Crippen LogP contribution is 2.28. The van der Waals surface area contributed by atoms with E-state index in [2.05, 4.69) is 17.1 Å². The molecule has 0 spiro atoms. The van der Waals surface area contributed by atoms with Crippen LogP contribution in [0.15, 0.2) is 53.0 Å². The van der Waals surface area contributed by atoms with Gasteiger partial charge in [-0.05, 0) is 75.7 Å².